The molecule has 6 N–H and O–H groups in total. The highest BCUT2D eigenvalue weighted by atomic mass is 16.3. The van der Waals surface area contributed by atoms with Crippen LogP contribution in [-0.4, -0.2) is 17.6 Å². The molecule has 0 aliphatic heterocycles. The van der Waals surface area contributed by atoms with E-state index in [-0.39, 0.29) is 12.5 Å². The number of hydrogen-bond donors (Lipinski definition) is 4. The number of hydrogen-bond acceptors (Lipinski definition) is 4. The third-order valence-corrected chi connectivity index (χ3v) is 2.88. The van der Waals surface area contributed by atoms with Gasteiger partial charge in [-0.3, -0.25) is 4.79 Å². The zero-order valence-corrected chi connectivity index (χ0v) is 10.9. The molecule has 0 aliphatic carbocycles. The van der Waals surface area contributed by atoms with Crippen LogP contribution in [0.25, 0.3) is 0 Å². The van der Waals surface area contributed by atoms with Crippen LogP contribution in [0.15, 0.2) is 48.5 Å². The highest BCUT2D eigenvalue weighted by Gasteiger charge is 2.11. The second-order valence-electron chi connectivity index (χ2n) is 4.52. The first-order chi connectivity index (χ1) is 9.56. The van der Waals surface area contributed by atoms with Crippen LogP contribution < -0.4 is 16.8 Å². The van der Waals surface area contributed by atoms with Crippen molar-refractivity contribution < 1.29 is 9.90 Å². The number of aliphatic hydroxyl groups is 1. The van der Waals surface area contributed by atoms with Gasteiger partial charge in [-0.25, -0.2) is 0 Å². The van der Waals surface area contributed by atoms with Crippen molar-refractivity contribution in [1.29, 1.82) is 0 Å². The molecule has 0 aliphatic rings. The molecule has 104 valence electrons. The minimum atomic E-state index is -0.751. The van der Waals surface area contributed by atoms with Crippen molar-refractivity contribution in [2.24, 2.45) is 0 Å². The molecule has 5 nitrogen and oxygen atoms in total. The number of amides is 1. The Morgan fingerprint density at radius 2 is 1.70 bits per heavy atom. The normalized spacial score (nSPS) is 11.8. The summed E-state index contributed by atoms with van der Waals surface area (Å²) in [4.78, 5) is 12.0. The molecular formula is C15H17N3O2. The Morgan fingerprint density at radius 3 is 2.30 bits per heavy atom. The van der Waals surface area contributed by atoms with E-state index in [1.165, 1.54) is 0 Å². The SMILES string of the molecule is Nc1cc(N)cc(C(=O)NCC(O)c2ccccc2)c1. The summed E-state index contributed by atoms with van der Waals surface area (Å²) in [6.07, 6.45) is -0.751. The van der Waals surface area contributed by atoms with Gasteiger partial charge in [-0.1, -0.05) is 30.3 Å². The number of nitrogens with one attached hydrogen (secondary N) is 1. The first-order valence-electron chi connectivity index (χ1n) is 6.23. The van der Waals surface area contributed by atoms with Gasteiger partial charge in [-0.15, -0.1) is 0 Å². The topological polar surface area (TPSA) is 101 Å². The van der Waals surface area contributed by atoms with Gasteiger partial charge in [0.15, 0.2) is 0 Å². The number of nitrogens with two attached hydrogens (primary N) is 2. The summed E-state index contributed by atoms with van der Waals surface area (Å²) in [7, 11) is 0. The summed E-state index contributed by atoms with van der Waals surface area (Å²) >= 11 is 0. The number of carbonyl (C=O) groups excluding carboxylic acids is 1. The molecular weight excluding hydrogens is 254 g/mol. The zero-order chi connectivity index (χ0) is 14.5. The Hall–Kier alpha value is -2.53. The molecule has 0 saturated heterocycles. The van der Waals surface area contributed by atoms with Gasteiger partial charge >= 0.3 is 0 Å². The molecule has 20 heavy (non-hydrogen) atoms. The molecule has 2 aromatic rings. The van der Waals surface area contributed by atoms with Crippen LogP contribution in [0, 0.1) is 0 Å². The van der Waals surface area contributed by atoms with Crippen LogP contribution in [0.2, 0.25) is 0 Å². The molecule has 0 bridgehead atoms. The number of anilines is 2. The number of benzene rings is 2. The smallest absolute Gasteiger partial charge is 0.251 e. The van der Waals surface area contributed by atoms with Crippen LogP contribution >= 0.6 is 0 Å². The van der Waals surface area contributed by atoms with Gasteiger partial charge in [0, 0.05) is 23.5 Å². The lowest BCUT2D eigenvalue weighted by Gasteiger charge is -2.12. The standard InChI is InChI=1S/C15H17N3O2/c16-12-6-11(7-13(17)8-12)15(20)18-9-14(19)10-4-2-1-3-5-10/h1-8,14,19H,9,16-17H2,(H,18,20). The molecule has 2 aromatic carbocycles. The molecule has 0 spiro atoms. The minimum Gasteiger partial charge on any atom is -0.399 e. The average Bonchev–Trinajstić information content (AvgIpc) is 2.44. The molecule has 0 heterocycles. The molecule has 1 amide bonds. The second-order valence-corrected chi connectivity index (χ2v) is 4.52. The van der Waals surface area contributed by atoms with Crippen LogP contribution in [0.5, 0.6) is 0 Å². The highest BCUT2D eigenvalue weighted by molar-refractivity contribution is 5.96. The summed E-state index contributed by atoms with van der Waals surface area (Å²) in [5, 5.41) is 12.6. The van der Waals surface area contributed by atoms with E-state index in [1.54, 1.807) is 30.3 Å². The van der Waals surface area contributed by atoms with Crippen LogP contribution in [0.1, 0.15) is 22.0 Å². The molecule has 1 atom stereocenters. The molecule has 1 unspecified atom stereocenters. The van der Waals surface area contributed by atoms with Crippen LogP contribution in [-0.2, 0) is 0 Å². The Morgan fingerprint density at radius 1 is 1.10 bits per heavy atom. The Bertz CT molecular complexity index is 579. The largest absolute Gasteiger partial charge is 0.399 e. The first-order valence-corrected chi connectivity index (χ1v) is 6.23. The lowest BCUT2D eigenvalue weighted by Crippen LogP contribution is -2.28. The van der Waals surface area contributed by atoms with E-state index in [4.69, 9.17) is 11.5 Å². The van der Waals surface area contributed by atoms with Crippen molar-refractivity contribution in [3.8, 4) is 0 Å². The van der Waals surface area contributed by atoms with Gasteiger partial charge in [-0.2, -0.15) is 0 Å². The Balaban J connectivity index is 1.98. The van der Waals surface area contributed by atoms with Crippen molar-refractivity contribution in [2.45, 2.75) is 6.10 Å². The number of nitrogen functional groups attached to an aromatic ring is 2. The third kappa shape index (κ3) is 3.49. The van der Waals surface area contributed by atoms with E-state index in [0.29, 0.717) is 16.9 Å². The van der Waals surface area contributed by atoms with Crippen molar-refractivity contribution >= 4 is 17.3 Å². The van der Waals surface area contributed by atoms with Crippen LogP contribution in [0.4, 0.5) is 11.4 Å². The molecule has 0 aromatic heterocycles. The summed E-state index contributed by atoms with van der Waals surface area (Å²) in [6, 6.07) is 13.8. The van der Waals surface area contributed by atoms with E-state index in [0.717, 1.165) is 5.56 Å². The van der Waals surface area contributed by atoms with Crippen molar-refractivity contribution in [3.63, 3.8) is 0 Å². The van der Waals surface area contributed by atoms with E-state index in [1.807, 2.05) is 18.2 Å². The van der Waals surface area contributed by atoms with Crippen molar-refractivity contribution in [1.82, 2.24) is 5.32 Å². The molecule has 0 radical (unpaired) electrons. The fourth-order valence-corrected chi connectivity index (χ4v) is 1.89. The summed E-state index contributed by atoms with van der Waals surface area (Å²) in [5.41, 5.74) is 13.3. The third-order valence-electron chi connectivity index (χ3n) is 2.88. The van der Waals surface area contributed by atoms with Gasteiger partial charge in [-0.05, 0) is 23.8 Å². The number of aliphatic hydroxyl groups excluding tert-OH is 1. The summed E-state index contributed by atoms with van der Waals surface area (Å²) < 4.78 is 0. The Labute approximate surface area is 117 Å². The molecule has 0 fully saturated rings. The maximum Gasteiger partial charge on any atom is 0.251 e. The maximum absolute atomic E-state index is 12.0. The zero-order valence-electron chi connectivity index (χ0n) is 10.9. The van der Waals surface area contributed by atoms with Crippen LogP contribution in [0.3, 0.4) is 0 Å². The monoisotopic (exact) mass is 271 g/mol. The Kier molecular flexibility index (Phi) is 4.22. The highest BCUT2D eigenvalue weighted by Crippen LogP contribution is 2.14. The maximum atomic E-state index is 12.0. The number of rotatable bonds is 4. The average molecular weight is 271 g/mol. The fraction of sp³-hybridized carbons (Fsp3) is 0.133. The van der Waals surface area contributed by atoms with Crippen molar-refractivity contribution in [2.75, 3.05) is 18.0 Å². The van der Waals surface area contributed by atoms with E-state index >= 15 is 0 Å². The minimum absolute atomic E-state index is 0.123. The van der Waals surface area contributed by atoms with E-state index in [2.05, 4.69) is 5.32 Å². The lowest BCUT2D eigenvalue weighted by atomic mass is 10.1. The van der Waals surface area contributed by atoms with Gasteiger partial charge < -0.3 is 21.9 Å². The quantitative estimate of drug-likeness (QED) is 0.630. The first kappa shape index (κ1) is 13.9. The number of carbonyl (C=O) groups is 1. The van der Waals surface area contributed by atoms with Gasteiger partial charge in [0.25, 0.3) is 5.91 Å². The summed E-state index contributed by atoms with van der Waals surface area (Å²) in [6.45, 7) is 0.123. The predicted molar refractivity (Wildman–Crippen MR) is 79.0 cm³/mol. The van der Waals surface area contributed by atoms with Crippen molar-refractivity contribution in [3.05, 3.63) is 59.7 Å². The van der Waals surface area contributed by atoms with Gasteiger partial charge in [0.2, 0.25) is 0 Å². The van der Waals surface area contributed by atoms with E-state index in [9.17, 15) is 9.90 Å². The second kappa shape index (κ2) is 6.08. The lowest BCUT2D eigenvalue weighted by molar-refractivity contribution is 0.0916. The predicted octanol–water partition coefficient (Wildman–Crippen LogP) is 1.31. The summed E-state index contributed by atoms with van der Waals surface area (Å²) in [5.74, 6) is -0.320. The molecule has 5 heteroatoms. The molecule has 2 rings (SSSR count). The fourth-order valence-electron chi connectivity index (χ4n) is 1.89. The van der Waals surface area contributed by atoms with E-state index < -0.39 is 6.10 Å². The van der Waals surface area contributed by atoms with Gasteiger partial charge in [0.05, 0.1) is 6.10 Å². The molecule has 0 saturated carbocycles. The van der Waals surface area contributed by atoms with Gasteiger partial charge in [0.1, 0.15) is 0 Å².